The van der Waals surface area contributed by atoms with Crippen LogP contribution < -0.4 is 19.7 Å². The predicted octanol–water partition coefficient (Wildman–Crippen LogP) is 3.94. The molecular formula is C22H23N3O4S. The third kappa shape index (κ3) is 3.80. The first-order chi connectivity index (χ1) is 14.7. The number of thiazole rings is 1. The second-order valence-electron chi connectivity index (χ2n) is 7.41. The smallest absolute Gasteiger partial charge is 0.255 e. The van der Waals surface area contributed by atoms with Gasteiger partial charge in [0, 0.05) is 37.5 Å². The van der Waals surface area contributed by atoms with Crippen LogP contribution in [0, 0.1) is 0 Å². The average molecular weight is 426 g/mol. The van der Waals surface area contributed by atoms with Crippen LogP contribution in [0.3, 0.4) is 0 Å². The van der Waals surface area contributed by atoms with E-state index in [4.69, 9.17) is 19.2 Å². The van der Waals surface area contributed by atoms with Gasteiger partial charge in [-0.2, -0.15) is 0 Å². The second kappa shape index (κ2) is 8.12. The van der Waals surface area contributed by atoms with Gasteiger partial charge in [-0.3, -0.25) is 4.79 Å². The highest BCUT2D eigenvalue weighted by Gasteiger charge is 2.21. The molecular weight excluding hydrogens is 402 g/mol. The van der Waals surface area contributed by atoms with Crippen molar-refractivity contribution in [3.8, 4) is 11.5 Å². The molecule has 0 unspecified atom stereocenters. The van der Waals surface area contributed by atoms with E-state index in [9.17, 15) is 4.79 Å². The van der Waals surface area contributed by atoms with Crippen molar-refractivity contribution < 1.29 is 19.0 Å². The molecule has 0 saturated carbocycles. The normalized spacial score (nSPS) is 16.6. The van der Waals surface area contributed by atoms with E-state index in [0.717, 1.165) is 41.3 Å². The fourth-order valence-electron chi connectivity index (χ4n) is 3.80. The topological polar surface area (TPSA) is 72.9 Å². The first kappa shape index (κ1) is 19.1. The number of piperidine rings is 1. The minimum atomic E-state index is -0.177. The average Bonchev–Trinajstić information content (AvgIpc) is 3.22. The van der Waals surface area contributed by atoms with Crippen molar-refractivity contribution in [2.24, 2.45) is 0 Å². The highest BCUT2D eigenvalue weighted by Crippen LogP contribution is 2.34. The van der Waals surface area contributed by atoms with E-state index in [1.54, 1.807) is 24.5 Å². The first-order valence-electron chi connectivity index (χ1n) is 10.1. The lowest BCUT2D eigenvalue weighted by Gasteiger charge is -2.30. The van der Waals surface area contributed by atoms with E-state index in [1.165, 1.54) is 0 Å². The summed E-state index contributed by atoms with van der Waals surface area (Å²) in [5.41, 5.74) is 2.09. The number of benzene rings is 2. The van der Waals surface area contributed by atoms with Crippen LogP contribution in [0.15, 0.2) is 36.4 Å². The molecule has 2 aliphatic heterocycles. The summed E-state index contributed by atoms with van der Waals surface area (Å²) in [7, 11) is 1.77. The molecule has 7 nitrogen and oxygen atoms in total. The van der Waals surface area contributed by atoms with Crippen molar-refractivity contribution in [1.82, 2.24) is 4.98 Å². The van der Waals surface area contributed by atoms with Gasteiger partial charge in [0.15, 0.2) is 16.6 Å². The van der Waals surface area contributed by atoms with Crippen molar-refractivity contribution in [2.45, 2.75) is 18.9 Å². The molecule has 5 rings (SSSR count). The second-order valence-corrected chi connectivity index (χ2v) is 8.42. The lowest BCUT2D eigenvalue weighted by atomic mass is 10.1. The number of amides is 1. The molecule has 2 aromatic carbocycles. The van der Waals surface area contributed by atoms with Gasteiger partial charge in [0.25, 0.3) is 5.91 Å². The van der Waals surface area contributed by atoms with Gasteiger partial charge in [-0.1, -0.05) is 11.3 Å². The Morgan fingerprint density at radius 2 is 1.93 bits per heavy atom. The quantitative estimate of drug-likeness (QED) is 0.683. The minimum Gasteiger partial charge on any atom is -0.486 e. The number of rotatable bonds is 4. The number of carbonyl (C=O) groups excluding carboxylic acids is 1. The Bertz CT molecular complexity index is 1080. The van der Waals surface area contributed by atoms with Gasteiger partial charge in [-0.25, -0.2) is 4.98 Å². The minimum absolute atomic E-state index is 0.177. The SMILES string of the molecule is COC1CCN(c2nc3cc(C(=O)Nc4ccc5c(c4)OCCO5)ccc3s2)CC1. The van der Waals surface area contributed by atoms with Crippen LogP contribution in [0.2, 0.25) is 0 Å². The fraction of sp³-hybridized carbons (Fsp3) is 0.364. The van der Waals surface area contributed by atoms with Crippen LogP contribution in [0.5, 0.6) is 11.5 Å². The molecule has 30 heavy (non-hydrogen) atoms. The monoisotopic (exact) mass is 425 g/mol. The van der Waals surface area contributed by atoms with Crippen molar-refractivity contribution in [3.63, 3.8) is 0 Å². The number of hydrogen-bond donors (Lipinski definition) is 1. The third-order valence-corrected chi connectivity index (χ3v) is 6.58. The van der Waals surface area contributed by atoms with Gasteiger partial charge in [-0.15, -0.1) is 0 Å². The third-order valence-electron chi connectivity index (χ3n) is 5.48. The van der Waals surface area contributed by atoms with Gasteiger partial charge in [0.05, 0.1) is 16.3 Å². The molecule has 1 aromatic heterocycles. The van der Waals surface area contributed by atoms with Crippen LogP contribution in [0.25, 0.3) is 10.2 Å². The Hall–Kier alpha value is -2.84. The summed E-state index contributed by atoms with van der Waals surface area (Å²) in [5.74, 6) is 1.17. The maximum Gasteiger partial charge on any atom is 0.255 e. The van der Waals surface area contributed by atoms with Crippen molar-refractivity contribution in [3.05, 3.63) is 42.0 Å². The zero-order valence-electron chi connectivity index (χ0n) is 16.7. The Morgan fingerprint density at radius 1 is 1.13 bits per heavy atom. The van der Waals surface area contributed by atoms with E-state index < -0.39 is 0 Å². The molecule has 2 aliphatic rings. The first-order valence-corrected chi connectivity index (χ1v) is 10.9. The number of nitrogens with zero attached hydrogens (tertiary/aromatic N) is 2. The Kier molecular flexibility index (Phi) is 5.18. The molecule has 0 bridgehead atoms. The molecule has 3 aromatic rings. The molecule has 1 amide bonds. The fourth-order valence-corrected chi connectivity index (χ4v) is 4.80. The van der Waals surface area contributed by atoms with Crippen LogP contribution in [-0.2, 0) is 4.74 Å². The molecule has 0 radical (unpaired) electrons. The molecule has 0 spiro atoms. The molecule has 3 heterocycles. The number of nitrogens with one attached hydrogen (secondary N) is 1. The molecule has 0 aliphatic carbocycles. The summed E-state index contributed by atoms with van der Waals surface area (Å²) in [4.78, 5) is 19.9. The lowest BCUT2D eigenvalue weighted by molar-refractivity contribution is 0.0819. The van der Waals surface area contributed by atoms with Gasteiger partial charge in [-0.05, 0) is 43.2 Å². The van der Waals surface area contributed by atoms with Crippen molar-refractivity contribution >= 4 is 38.3 Å². The highest BCUT2D eigenvalue weighted by atomic mass is 32.1. The van der Waals surface area contributed by atoms with E-state index in [2.05, 4.69) is 10.2 Å². The number of hydrogen-bond acceptors (Lipinski definition) is 7. The number of carbonyl (C=O) groups is 1. The summed E-state index contributed by atoms with van der Waals surface area (Å²) in [6.07, 6.45) is 2.36. The summed E-state index contributed by atoms with van der Waals surface area (Å²) in [6.45, 7) is 2.93. The number of anilines is 2. The lowest BCUT2D eigenvalue weighted by Crippen LogP contribution is -2.36. The molecule has 8 heteroatoms. The molecule has 1 fully saturated rings. The van der Waals surface area contributed by atoms with Crippen LogP contribution >= 0.6 is 11.3 Å². The molecule has 1 saturated heterocycles. The van der Waals surface area contributed by atoms with Crippen molar-refractivity contribution in [2.75, 3.05) is 43.6 Å². The Morgan fingerprint density at radius 3 is 2.73 bits per heavy atom. The highest BCUT2D eigenvalue weighted by molar-refractivity contribution is 7.22. The van der Waals surface area contributed by atoms with Crippen molar-refractivity contribution in [1.29, 1.82) is 0 Å². The number of aromatic nitrogens is 1. The predicted molar refractivity (Wildman–Crippen MR) is 117 cm³/mol. The molecule has 1 N–H and O–H groups in total. The number of ether oxygens (including phenoxy) is 3. The van der Waals surface area contributed by atoms with Crippen LogP contribution in [0.4, 0.5) is 10.8 Å². The summed E-state index contributed by atoms with van der Waals surface area (Å²) < 4.78 is 17.6. The van der Waals surface area contributed by atoms with E-state index in [-0.39, 0.29) is 5.91 Å². The Labute approximate surface area is 178 Å². The molecule has 156 valence electrons. The molecule has 0 atom stereocenters. The van der Waals surface area contributed by atoms with Gasteiger partial charge >= 0.3 is 0 Å². The summed E-state index contributed by atoms with van der Waals surface area (Å²) in [5, 5.41) is 3.93. The van der Waals surface area contributed by atoms with Crippen LogP contribution in [-0.4, -0.2) is 50.4 Å². The van der Waals surface area contributed by atoms with E-state index in [0.29, 0.717) is 42.1 Å². The van der Waals surface area contributed by atoms with E-state index >= 15 is 0 Å². The zero-order chi connectivity index (χ0) is 20.5. The maximum atomic E-state index is 12.8. The van der Waals surface area contributed by atoms with Gasteiger partial charge in [0.1, 0.15) is 13.2 Å². The summed E-state index contributed by atoms with van der Waals surface area (Å²) in [6, 6.07) is 11.1. The Balaban J connectivity index is 1.31. The number of methoxy groups -OCH3 is 1. The number of fused-ring (bicyclic) bond motifs is 2. The standard InChI is InChI=1S/C22H23N3O4S/c1-27-16-6-8-25(9-7-16)22-24-17-12-14(2-5-20(17)30-22)21(26)23-15-3-4-18-19(13-15)29-11-10-28-18/h2-5,12-13,16H,6-11H2,1H3,(H,23,26). The van der Waals surface area contributed by atoms with Gasteiger partial charge < -0.3 is 24.4 Å². The van der Waals surface area contributed by atoms with E-state index in [1.807, 2.05) is 30.3 Å². The van der Waals surface area contributed by atoms with Crippen LogP contribution in [0.1, 0.15) is 23.2 Å². The zero-order valence-corrected chi connectivity index (χ0v) is 17.5. The van der Waals surface area contributed by atoms with Gasteiger partial charge in [0.2, 0.25) is 0 Å². The summed E-state index contributed by atoms with van der Waals surface area (Å²) >= 11 is 1.66. The maximum absolute atomic E-state index is 12.8. The largest absolute Gasteiger partial charge is 0.486 e.